The fourth-order valence-corrected chi connectivity index (χ4v) is 3.52. The van der Waals surface area contributed by atoms with E-state index in [9.17, 15) is 4.79 Å². The number of anilines is 1. The quantitative estimate of drug-likeness (QED) is 0.536. The van der Waals surface area contributed by atoms with E-state index >= 15 is 0 Å². The molecule has 0 bridgehead atoms. The third-order valence-corrected chi connectivity index (χ3v) is 5.06. The molecule has 29 heavy (non-hydrogen) atoms. The second kappa shape index (κ2) is 11.2. The lowest BCUT2D eigenvalue weighted by Gasteiger charge is -2.19. The molecule has 0 aliphatic rings. The Hall–Kier alpha value is -2.91. The van der Waals surface area contributed by atoms with E-state index in [0.29, 0.717) is 6.54 Å². The molecule has 1 amide bonds. The van der Waals surface area contributed by atoms with Gasteiger partial charge in [0.2, 0.25) is 0 Å². The molecule has 0 spiro atoms. The number of nitrogens with one attached hydrogen (secondary N) is 2. The maximum Gasteiger partial charge on any atom is 0.279 e. The molecule has 0 aliphatic carbocycles. The zero-order valence-electron chi connectivity index (χ0n) is 17.2. The van der Waals surface area contributed by atoms with E-state index in [2.05, 4.69) is 72.9 Å². The minimum absolute atomic E-state index is 0.0492. The molecule has 3 nitrogen and oxygen atoms in total. The highest BCUT2D eigenvalue weighted by atomic mass is 16.2. The van der Waals surface area contributed by atoms with Crippen LogP contribution in [-0.4, -0.2) is 12.5 Å². The summed E-state index contributed by atoms with van der Waals surface area (Å²) >= 11 is 0. The van der Waals surface area contributed by atoms with Crippen LogP contribution in [0, 0.1) is 0 Å². The van der Waals surface area contributed by atoms with Crippen molar-refractivity contribution in [1.29, 1.82) is 0 Å². The Morgan fingerprint density at radius 3 is 1.83 bits per heavy atom. The molecule has 0 fully saturated rings. The smallest absolute Gasteiger partial charge is 0.279 e. The summed E-state index contributed by atoms with van der Waals surface area (Å²) in [4.78, 5) is 14.0. The van der Waals surface area contributed by atoms with Crippen molar-refractivity contribution < 1.29 is 9.69 Å². The Morgan fingerprint density at radius 2 is 1.31 bits per heavy atom. The highest BCUT2D eigenvalue weighted by Gasteiger charge is 2.16. The highest BCUT2D eigenvalue weighted by molar-refractivity contribution is 5.91. The number of unbranched alkanes of at least 4 members (excludes halogenated alkanes) is 1. The number of hydrogen-bond acceptors (Lipinski definition) is 1. The Labute approximate surface area is 174 Å². The normalized spacial score (nSPS) is 10.8. The van der Waals surface area contributed by atoms with Gasteiger partial charge in [0.25, 0.3) is 5.91 Å². The number of rotatable bonds is 10. The Kier molecular flexibility index (Phi) is 8.02. The van der Waals surface area contributed by atoms with Crippen molar-refractivity contribution in [3.05, 3.63) is 102 Å². The zero-order chi connectivity index (χ0) is 20.3. The van der Waals surface area contributed by atoms with Crippen LogP contribution in [0.25, 0.3) is 0 Å². The van der Waals surface area contributed by atoms with E-state index in [1.165, 1.54) is 34.4 Å². The zero-order valence-corrected chi connectivity index (χ0v) is 17.2. The van der Waals surface area contributed by atoms with Crippen molar-refractivity contribution in [2.45, 2.75) is 39.3 Å². The van der Waals surface area contributed by atoms with Gasteiger partial charge in [-0.2, -0.15) is 0 Å². The lowest BCUT2D eigenvalue weighted by molar-refractivity contribution is -0.919. The molecule has 2 N–H and O–H groups in total. The fourth-order valence-electron chi connectivity index (χ4n) is 3.52. The summed E-state index contributed by atoms with van der Waals surface area (Å²) in [6.45, 7) is 4.27. The topological polar surface area (TPSA) is 33.5 Å². The first-order valence-corrected chi connectivity index (χ1v) is 10.5. The first kappa shape index (κ1) is 20.8. The van der Waals surface area contributed by atoms with Gasteiger partial charge in [0.05, 0.1) is 0 Å². The first-order chi connectivity index (χ1) is 14.2. The van der Waals surface area contributed by atoms with Gasteiger partial charge in [-0.3, -0.25) is 4.79 Å². The summed E-state index contributed by atoms with van der Waals surface area (Å²) in [6, 6.07) is 29.0. The van der Waals surface area contributed by atoms with Crippen LogP contribution in [0.1, 0.15) is 36.5 Å². The van der Waals surface area contributed by atoms with Crippen LogP contribution in [0.5, 0.6) is 0 Å². The molecule has 0 heterocycles. The number of hydrogen-bond donors (Lipinski definition) is 2. The van der Waals surface area contributed by atoms with Gasteiger partial charge in [-0.05, 0) is 30.5 Å². The minimum atomic E-state index is 0.0492. The van der Waals surface area contributed by atoms with Crippen molar-refractivity contribution in [3.8, 4) is 0 Å². The first-order valence-electron chi connectivity index (χ1n) is 10.5. The van der Waals surface area contributed by atoms with Gasteiger partial charge in [0, 0.05) is 16.8 Å². The van der Waals surface area contributed by atoms with Crippen LogP contribution in [0.2, 0.25) is 0 Å². The minimum Gasteiger partial charge on any atom is -0.321 e. The van der Waals surface area contributed by atoms with E-state index in [-0.39, 0.29) is 5.91 Å². The van der Waals surface area contributed by atoms with Crippen molar-refractivity contribution in [2.24, 2.45) is 0 Å². The third kappa shape index (κ3) is 7.20. The van der Waals surface area contributed by atoms with Gasteiger partial charge in [-0.25, -0.2) is 0 Å². The molecule has 0 atom stereocenters. The predicted molar refractivity (Wildman–Crippen MR) is 120 cm³/mol. The van der Waals surface area contributed by atoms with E-state index in [0.717, 1.165) is 25.2 Å². The molecule has 150 valence electrons. The molecule has 0 aromatic heterocycles. The molecular weight excluding hydrogens is 356 g/mol. The van der Waals surface area contributed by atoms with Gasteiger partial charge in [-0.1, -0.05) is 86.1 Å². The number of quaternary nitrogens is 1. The van der Waals surface area contributed by atoms with Gasteiger partial charge in [-0.15, -0.1) is 0 Å². The van der Waals surface area contributed by atoms with Gasteiger partial charge in [0.1, 0.15) is 13.1 Å². The molecule has 0 aliphatic heterocycles. The number of carbonyl (C=O) groups is 1. The van der Waals surface area contributed by atoms with Crippen molar-refractivity contribution in [1.82, 2.24) is 0 Å². The predicted octanol–water partition coefficient (Wildman–Crippen LogP) is 4.25. The largest absolute Gasteiger partial charge is 0.321 e. The molecule has 3 aromatic rings. The average molecular weight is 388 g/mol. The number of benzene rings is 3. The SMILES string of the molecule is CCCCc1ccc(NC(=O)C[NH+](Cc2ccccc2)Cc2ccccc2)cc1. The van der Waals surface area contributed by atoms with E-state index in [1.807, 2.05) is 24.3 Å². The van der Waals surface area contributed by atoms with Gasteiger partial charge < -0.3 is 10.2 Å². The van der Waals surface area contributed by atoms with Crippen LogP contribution >= 0.6 is 0 Å². The lowest BCUT2D eigenvalue weighted by atomic mass is 10.1. The van der Waals surface area contributed by atoms with Crippen LogP contribution in [0.4, 0.5) is 5.69 Å². The summed E-state index contributed by atoms with van der Waals surface area (Å²) in [5.41, 5.74) is 4.68. The number of amides is 1. The summed E-state index contributed by atoms with van der Waals surface area (Å²) in [7, 11) is 0. The maximum atomic E-state index is 12.7. The Morgan fingerprint density at radius 1 is 0.759 bits per heavy atom. The average Bonchev–Trinajstić information content (AvgIpc) is 2.74. The second-order valence-electron chi connectivity index (χ2n) is 7.60. The summed E-state index contributed by atoms with van der Waals surface area (Å²) < 4.78 is 0. The number of aryl methyl sites for hydroxylation is 1. The van der Waals surface area contributed by atoms with Gasteiger partial charge in [0.15, 0.2) is 6.54 Å². The van der Waals surface area contributed by atoms with E-state index < -0.39 is 0 Å². The van der Waals surface area contributed by atoms with Crippen molar-refractivity contribution in [3.63, 3.8) is 0 Å². The summed E-state index contributed by atoms with van der Waals surface area (Å²) in [6.07, 6.45) is 3.49. The molecule has 3 rings (SSSR count). The van der Waals surface area contributed by atoms with Crippen molar-refractivity contribution >= 4 is 11.6 Å². The third-order valence-electron chi connectivity index (χ3n) is 5.06. The fraction of sp³-hybridized carbons (Fsp3) is 0.269. The molecule has 3 heteroatoms. The Balaban J connectivity index is 1.62. The monoisotopic (exact) mass is 387 g/mol. The van der Waals surface area contributed by atoms with Crippen LogP contribution in [0.3, 0.4) is 0 Å². The second-order valence-corrected chi connectivity index (χ2v) is 7.60. The van der Waals surface area contributed by atoms with Crippen LogP contribution < -0.4 is 10.2 Å². The molecule has 3 aromatic carbocycles. The van der Waals surface area contributed by atoms with Crippen LogP contribution in [-0.2, 0) is 24.3 Å². The molecular formula is C26H31N2O+. The summed E-state index contributed by atoms with van der Waals surface area (Å²) in [5.74, 6) is 0.0492. The molecule has 0 saturated heterocycles. The standard InChI is InChI=1S/C26H30N2O/c1-2-3-10-22-15-17-25(18-16-22)27-26(29)21-28(19-23-11-6-4-7-12-23)20-24-13-8-5-9-14-24/h4-9,11-18H,2-3,10,19-21H2,1H3,(H,27,29)/p+1. The van der Waals surface area contributed by atoms with Gasteiger partial charge >= 0.3 is 0 Å². The van der Waals surface area contributed by atoms with Crippen LogP contribution in [0.15, 0.2) is 84.9 Å². The maximum absolute atomic E-state index is 12.7. The summed E-state index contributed by atoms with van der Waals surface area (Å²) in [5, 5.41) is 3.07. The Bertz CT molecular complexity index is 819. The highest BCUT2D eigenvalue weighted by Crippen LogP contribution is 2.11. The lowest BCUT2D eigenvalue weighted by Crippen LogP contribution is -3.10. The van der Waals surface area contributed by atoms with E-state index in [4.69, 9.17) is 0 Å². The molecule has 0 unspecified atom stereocenters. The van der Waals surface area contributed by atoms with E-state index in [1.54, 1.807) is 0 Å². The van der Waals surface area contributed by atoms with Crippen molar-refractivity contribution in [2.75, 3.05) is 11.9 Å². The molecule has 0 radical (unpaired) electrons. The number of carbonyl (C=O) groups excluding carboxylic acids is 1. The molecule has 0 saturated carbocycles.